The summed E-state index contributed by atoms with van der Waals surface area (Å²) in [6.07, 6.45) is 2.81. The fourth-order valence-corrected chi connectivity index (χ4v) is 9.01. The summed E-state index contributed by atoms with van der Waals surface area (Å²) in [4.78, 5) is 78.7. The molecular weight excluding hydrogens is 927 g/mol. The van der Waals surface area contributed by atoms with Crippen molar-refractivity contribution in [2.75, 3.05) is 5.73 Å². The Bertz CT molecular complexity index is 3470. The van der Waals surface area contributed by atoms with Gasteiger partial charge in [0.1, 0.15) is 0 Å². The normalized spacial score (nSPS) is 12.8. The number of fused-ring (bicyclic) bond motifs is 2. The second kappa shape index (κ2) is 21.7. The summed E-state index contributed by atoms with van der Waals surface area (Å²) in [6.45, 7) is 7.80. The number of rotatable bonds is 12. The Labute approximate surface area is 419 Å². The molecule has 0 radical (unpaired) electrons. The fourth-order valence-electron chi connectivity index (χ4n) is 9.01. The van der Waals surface area contributed by atoms with E-state index in [0.717, 1.165) is 18.5 Å². The molecule has 4 N–H and O–H groups in total. The molecule has 0 bridgehead atoms. The van der Waals surface area contributed by atoms with Crippen LogP contribution in [-0.2, 0) is 0 Å². The molecule has 0 aliphatic carbocycles. The molecule has 370 valence electrons. The molecule has 0 spiro atoms. The van der Waals surface area contributed by atoms with Gasteiger partial charge in [0, 0.05) is 17.8 Å². The number of imide groups is 2. The smallest absolute Gasteiger partial charge is 0.303 e. The third-order valence-electron chi connectivity index (χ3n) is 12.7. The van der Waals surface area contributed by atoms with Gasteiger partial charge in [-0.05, 0) is 98.5 Å². The molecule has 0 fully saturated rings. The Morgan fingerprint density at radius 2 is 0.863 bits per heavy atom. The van der Waals surface area contributed by atoms with E-state index in [-0.39, 0.29) is 63.7 Å². The van der Waals surface area contributed by atoms with Gasteiger partial charge in [-0.1, -0.05) is 113 Å². The van der Waals surface area contributed by atoms with Crippen LogP contribution < -0.4 is 16.9 Å². The summed E-state index contributed by atoms with van der Waals surface area (Å²) in [5.41, 5.74) is 8.85. The molecule has 0 saturated carbocycles. The van der Waals surface area contributed by atoms with Crippen molar-refractivity contribution < 1.29 is 29.4 Å². The average molecular weight is 980 g/mol. The van der Waals surface area contributed by atoms with Gasteiger partial charge in [-0.3, -0.25) is 38.6 Å². The van der Waals surface area contributed by atoms with Crippen LogP contribution >= 0.6 is 0 Å². The zero-order valence-corrected chi connectivity index (χ0v) is 40.6. The fraction of sp³-hybridized carbons (Fsp3) is 0.179. The third kappa shape index (κ3) is 9.50. The van der Waals surface area contributed by atoms with Gasteiger partial charge in [0.2, 0.25) is 17.4 Å². The number of hydrogen-bond acceptors (Lipinski definition) is 11. The minimum absolute atomic E-state index is 0.0400. The largest absolute Gasteiger partial charge is 0.493 e. The van der Waals surface area contributed by atoms with Crippen LogP contribution in [0.1, 0.15) is 94.8 Å². The van der Waals surface area contributed by atoms with Crippen molar-refractivity contribution in [1.82, 2.24) is 28.5 Å². The highest BCUT2D eigenvalue weighted by molar-refractivity contribution is 6.24. The number of nitrogen functional groups attached to an aromatic ring is 1. The number of aromatic nitrogens is 4. The molecule has 2 aliphatic rings. The van der Waals surface area contributed by atoms with Crippen molar-refractivity contribution in [2.45, 2.75) is 65.5 Å². The molecule has 8 aromatic rings. The maximum absolute atomic E-state index is 13.5. The summed E-state index contributed by atoms with van der Waals surface area (Å²) in [7, 11) is 0. The van der Waals surface area contributed by atoms with Gasteiger partial charge in [-0.2, -0.15) is 0 Å². The number of nitrogens with zero attached hydrogens (tertiary/aromatic N) is 8. The lowest BCUT2D eigenvalue weighted by Gasteiger charge is -2.23. The van der Waals surface area contributed by atoms with Crippen LogP contribution in [0.25, 0.3) is 22.7 Å². The standard InChI is InChI=1S/C28H25N5O4.C15H12N2O2.C13H16N2O2/c1-3-18(4-2)31-25(34)21-16-11-17-22(23(21)26(31)35)29-30-24-27(36)32(19-12-7-5-8-13-19)33(28(24)37)20-14-9-6-10-15-20;18-14-11-15(19)17(13-9-5-2-6-10-13)16(14)12-7-3-1-4-8-12;1-3-8(4-2)15-12(16)9-6-5-7-10(14)11(9)13(15)17/h5-18,36H,3-4H2,1-2H3;1-11,18H;5-8H,3-4,14H2,1-2H3. The van der Waals surface area contributed by atoms with E-state index in [2.05, 4.69) is 10.2 Å². The number of anilines is 1. The van der Waals surface area contributed by atoms with Gasteiger partial charge in [-0.15, -0.1) is 10.2 Å². The molecule has 0 saturated heterocycles. The SMILES string of the molecule is CCC(CC)N1C(=O)c2cccc(N)c2C1=O.CCC(CC)N1C(=O)c2cccc(N=Nc3c(O)n(-c4ccccc4)n(-c4ccccc4)c3=O)c2C1=O.O=c1cc(O)n(-c2ccccc2)n1-c1ccccc1. The van der Waals surface area contributed by atoms with Crippen molar-refractivity contribution in [2.24, 2.45) is 10.2 Å². The highest BCUT2D eigenvalue weighted by atomic mass is 16.3. The molecular formula is C56H53N9O8. The number of carbonyl (C=O) groups is 4. The molecule has 2 aliphatic heterocycles. The minimum atomic E-state index is -0.593. The Morgan fingerprint density at radius 1 is 0.452 bits per heavy atom. The van der Waals surface area contributed by atoms with Crippen LogP contribution in [0.3, 0.4) is 0 Å². The van der Waals surface area contributed by atoms with Gasteiger partial charge >= 0.3 is 5.56 Å². The second-order valence-corrected chi connectivity index (χ2v) is 17.0. The quantitative estimate of drug-likeness (QED) is 0.0602. The molecule has 73 heavy (non-hydrogen) atoms. The van der Waals surface area contributed by atoms with Crippen molar-refractivity contribution >= 4 is 40.7 Å². The number of para-hydroxylation sites is 4. The number of carbonyl (C=O) groups excluding carboxylic acids is 4. The first-order chi connectivity index (χ1) is 35.4. The van der Waals surface area contributed by atoms with E-state index in [4.69, 9.17) is 5.73 Å². The monoisotopic (exact) mass is 979 g/mol. The van der Waals surface area contributed by atoms with Crippen LogP contribution in [-0.4, -0.2) is 74.5 Å². The predicted molar refractivity (Wildman–Crippen MR) is 277 cm³/mol. The van der Waals surface area contributed by atoms with E-state index in [1.165, 1.54) is 34.6 Å². The summed E-state index contributed by atoms with van der Waals surface area (Å²) in [5.74, 6) is -1.76. The van der Waals surface area contributed by atoms with Crippen LogP contribution in [0.4, 0.5) is 17.1 Å². The molecule has 10 rings (SSSR count). The molecule has 2 aromatic heterocycles. The summed E-state index contributed by atoms with van der Waals surface area (Å²) in [6, 6.07) is 47.0. The first kappa shape index (κ1) is 50.0. The zero-order valence-electron chi connectivity index (χ0n) is 40.6. The van der Waals surface area contributed by atoms with E-state index in [0.29, 0.717) is 46.7 Å². The zero-order chi connectivity index (χ0) is 51.9. The van der Waals surface area contributed by atoms with Gasteiger partial charge < -0.3 is 15.9 Å². The topological polar surface area (TPSA) is 220 Å². The van der Waals surface area contributed by atoms with E-state index >= 15 is 0 Å². The number of amides is 4. The molecule has 17 nitrogen and oxygen atoms in total. The number of azo groups is 1. The van der Waals surface area contributed by atoms with Gasteiger partial charge in [0.25, 0.3) is 29.2 Å². The average Bonchev–Trinajstić information content (AvgIpc) is 4.05. The second-order valence-electron chi connectivity index (χ2n) is 17.0. The number of aromatic hydroxyl groups is 2. The number of benzene rings is 6. The third-order valence-corrected chi connectivity index (χ3v) is 12.7. The molecule has 4 amide bonds. The predicted octanol–water partition coefficient (Wildman–Crippen LogP) is 9.92. The van der Waals surface area contributed by atoms with Crippen LogP contribution in [0.5, 0.6) is 11.8 Å². The highest BCUT2D eigenvalue weighted by Gasteiger charge is 2.41. The van der Waals surface area contributed by atoms with Crippen molar-refractivity contribution in [1.29, 1.82) is 0 Å². The van der Waals surface area contributed by atoms with Gasteiger partial charge in [0.05, 0.1) is 56.8 Å². The maximum atomic E-state index is 13.5. The Kier molecular flexibility index (Phi) is 14.9. The number of nitrogens with two attached hydrogens (primary N) is 1. The minimum Gasteiger partial charge on any atom is -0.493 e. The molecule has 6 aromatic carbocycles. The molecule has 0 atom stereocenters. The van der Waals surface area contributed by atoms with Crippen molar-refractivity contribution in [3.63, 3.8) is 0 Å². The van der Waals surface area contributed by atoms with Crippen molar-refractivity contribution in [3.8, 4) is 34.5 Å². The Balaban J connectivity index is 0.000000164. The van der Waals surface area contributed by atoms with Crippen molar-refractivity contribution in [3.05, 3.63) is 207 Å². The molecule has 4 heterocycles. The first-order valence-electron chi connectivity index (χ1n) is 23.9. The summed E-state index contributed by atoms with van der Waals surface area (Å²) < 4.78 is 5.57. The van der Waals surface area contributed by atoms with E-state index in [1.807, 2.05) is 100 Å². The maximum Gasteiger partial charge on any atom is 0.303 e. The van der Waals surface area contributed by atoms with Gasteiger partial charge in [0.15, 0.2) is 0 Å². The Morgan fingerprint density at radius 3 is 1.33 bits per heavy atom. The highest BCUT2D eigenvalue weighted by Crippen LogP contribution is 2.36. The van der Waals surface area contributed by atoms with E-state index in [9.17, 15) is 39.0 Å². The van der Waals surface area contributed by atoms with Gasteiger partial charge in [-0.25, -0.2) is 18.7 Å². The van der Waals surface area contributed by atoms with E-state index < -0.39 is 17.3 Å². The summed E-state index contributed by atoms with van der Waals surface area (Å²) >= 11 is 0. The lowest BCUT2D eigenvalue weighted by Crippen LogP contribution is -2.39. The summed E-state index contributed by atoms with van der Waals surface area (Å²) in [5, 5.41) is 29.4. The van der Waals surface area contributed by atoms with Crippen LogP contribution in [0.15, 0.2) is 184 Å². The van der Waals surface area contributed by atoms with Crippen LogP contribution in [0.2, 0.25) is 0 Å². The van der Waals surface area contributed by atoms with E-state index in [1.54, 1.807) is 84.9 Å². The Hall–Kier alpha value is -9.38. The first-order valence-corrected chi connectivity index (χ1v) is 23.9. The number of hydrogen-bond donors (Lipinski definition) is 3. The van der Waals surface area contributed by atoms with Crippen LogP contribution in [0, 0.1) is 0 Å². The lowest BCUT2D eigenvalue weighted by molar-refractivity contribution is 0.0560. The molecule has 17 heteroatoms. The lowest BCUT2D eigenvalue weighted by atomic mass is 10.1. The molecule has 0 unspecified atom stereocenters.